The second kappa shape index (κ2) is 9.24. The normalized spacial score (nSPS) is 13.0. The van der Waals surface area contributed by atoms with Crippen molar-refractivity contribution in [2.45, 2.75) is 19.5 Å². The number of H-pyrrole nitrogens is 1. The fourth-order valence-corrected chi connectivity index (χ4v) is 3.42. The number of aromatic nitrogens is 4. The molecule has 184 valence electrons. The van der Waals surface area contributed by atoms with E-state index in [1.807, 2.05) is 0 Å². The summed E-state index contributed by atoms with van der Waals surface area (Å²) in [7, 11) is 0. The van der Waals surface area contributed by atoms with Gasteiger partial charge in [-0.15, -0.1) is 23.4 Å². The van der Waals surface area contributed by atoms with Crippen LogP contribution >= 0.6 is 0 Å². The topological polar surface area (TPSA) is 88.5 Å². The average Bonchev–Trinajstić information content (AvgIpc) is 3.26. The van der Waals surface area contributed by atoms with Crippen molar-refractivity contribution in [3.63, 3.8) is 0 Å². The van der Waals surface area contributed by atoms with Gasteiger partial charge in [0.25, 0.3) is 0 Å². The maximum Gasteiger partial charge on any atom is 0.573 e. The van der Waals surface area contributed by atoms with Crippen LogP contribution in [0.5, 0.6) is 17.4 Å². The maximum absolute atomic E-state index is 14.1. The number of hydrogen-bond acceptors (Lipinski definition) is 7. The van der Waals surface area contributed by atoms with E-state index in [9.17, 15) is 22.0 Å². The lowest BCUT2D eigenvalue weighted by Crippen LogP contribution is -2.22. The van der Waals surface area contributed by atoms with Crippen molar-refractivity contribution in [1.82, 2.24) is 25.2 Å². The average molecular weight is 502 g/mol. The van der Waals surface area contributed by atoms with Gasteiger partial charge >= 0.3 is 6.36 Å². The minimum Gasteiger partial charge on any atom is -0.438 e. The van der Waals surface area contributed by atoms with E-state index in [4.69, 9.17) is 4.74 Å². The molecule has 2 aromatic heterocycles. The first-order valence-corrected chi connectivity index (χ1v) is 10.4. The van der Waals surface area contributed by atoms with Crippen molar-refractivity contribution >= 4 is 6.21 Å². The fraction of sp³-hybridized carbons (Fsp3) is 0.130. The van der Waals surface area contributed by atoms with Crippen LogP contribution in [0.1, 0.15) is 17.1 Å². The number of rotatable bonds is 6. The zero-order valence-corrected chi connectivity index (χ0v) is 18.1. The summed E-state index contributed by atoms with van der Waals surface area (Å²) < 4.78 is 73.7. The van der Waals surface area contributed by atoms with E-state index in [1.54, 1.807) is 17.1 Å². The predicted octanol–water partition coefficient (Wildman–Crippen LogP) is 5.19. The van der Waals surface area contributed by atoms with Crippen LogP contribution in [-0.4, -0.2) is 37.8 Å². The Labute approximate surface area is 200 Å². The largest absolute Gasteiger partial charge is 0.573 e. The summed E-state index contributed by atoms with van der Waals surface area (Å²) >= 11 is 0. The lowest BCUT2D eigenvalue weighted by molar-refractivity contribution is -0.274. The Bertz CT molecular complexity index is 1400. The van der Waals surface area contributed by atoms with Crippen molar-refractivity contribution in [2.24, 2.45) is 5.10 Å². The molecule has 1 aliphatic rings. The molecular weight excluding hydrogens is 487 g/mol. The van der Waals surface area contributed by atoms with E-state index >= 15 is 0 Å². The minimum atomic E-state index is -4.78. The van der Waals surface area contributed by atoms with E-state index in [-0.39, 0.29) is 35.3 Å². The van der Waals surface area contributed by atoms with Crippen LogP contribution < -0.4 is 9.47 Å². The summed E-state index contributed by atoms with van der Waals surface area (Å²) in [6.07, 6.45) is -3.27. The van der Waals surface area contributed by atoms with Gasteiger partial charge in [0.2, 0.25) is 5.88 Å². The van der Waals surface area contributed by atoms with Gasteiger partial charge < -0.3 is 14.5 Å². The van der Waals surface area contributed by atoms with Gasteiger partial charge in [-0.3, -0.25) is 5.01 Å². The highest BCUT2D eigenvalue weighted by Gasteiger charge is 2.31. The molecule has 0 spiro atoms. The van der Waals surface area contributed by atoms with Crippen LogP contribution in [-0.2, 0) is 13.1 Å². The van der Waals surface area contributed by atoms with Gasteiger partial charge in [0, 0.05) is 6.07 Å². The lowest BCUT2D eigenvalue weighted by atomic mass is 10.2. The van der Waals surface area contributed by atoms with Crippen LogP contribution in [0.2, 0.25) is 0 Å². The summed E-state index contributed by atoms with van der Waals surface area (Å²) in [5.41, 5.74) is 1.78. The third kappa shape index (κ3) is 5.24. The molecular formula is C23H15F5N6O2. The highest BCUT2D eigenvalue weighted by molar-refractivity contribution is 5.80. The monoisotopic (exact) mass is 502 g/mol. The first kappa shape index (κ1) is 23.2. The highest BCUT2D eigenvalue weighted by Crippen LogP contribution is 2.27. The van der Waals surface area contributed by atoms with Gasteiger partial charge in [-0.25, -0.2) is 13.8 Å². The third-order valence-corrected chi connectivity index (χ3v) is 5.02. The number of fused-ring (bicyclic) bond motifs is 1. The first-order valence-electron chi connectivity index (χ1n) is 10.4. The van der Waals surface area contributed by atoms with Crippen LogP contribution in [0.15, 0.2) is 59.7 Å². The standard InChI is InChI=1S/C23H15F5N6O2/c24-17-3-1-2-16(21(17)25)22-30-18-10-29-34(12-19(18)31-22)11-13-4-9-20(33-32-13)35-14-5-7-15(8-6-14)36-23(26,27)28/h1-10H,11-12H2,(H,30,31). The van der Waals surface area contributed by atoms with Gasteiger partial charge in [0.05, 0.1) is 36.3 Å². The van der Waals surface area contributed by atoms with Crippen LogP contribution in [0.3, 0.4) is 0 Å². The molecule has 13 heteroatoms. The molecule has 5 rings (SSSR count). The molecule has 1 N–H and O–H groups in total. The molecule has 36 heavy (non-hydrogen) atoms. The number of hydrogen-bond donors (Lipinski definition) is 1. The lowest BCUT2D eigenvalue weighted by Gasteiger charge is -2.20. The number of hydrazone groups is 1. The Morgan fingerprint density at radius 1 is 0.944 bits per heavy atom. The Hall–Kier alpha value is -4.55. The molecule has 4 aromatic rings. The van der Waals surface area contributed by atoms with E-state index in [2.05, 4.69) is 30.0 Å². The number of imidazole rings is 1. The number of nitrogens with one attached hydrogen (secondary N) is 1. The second-order valence-electron chi connectivity index (χ2n) is 7.60. The first-order chi connectivity index (χ1) is 17.2. The molecule has 0 fully saturated rings. The second-order valence-corrected chi connectivity index (χ2v) is 7.60. The van der Waals surface area contributed by atoms with Gasteiger partial charge in [-0.1, -0.05) is 6.07 Å². The molecule has 0 aliphatic carbocycles. The maximum atomic E-state index is 14.1. The van der Waals surface area contributed by atoms with Gasteiger partial charge in [-0.05, 0) is 42.5 Å². The van der Waals surface area contributed by atoms with Crippen LogP contribution in [0.4, 0.5) is 22.0 Å². The Kier molecular flexibility index (Phi) is 5.96. The van der Waals surface area contributed by atoms with E-state index in [0.717, 1.165) is 18.2 Å². The number of ether oxygens (including phenoxy) is 2. The summed E-state index contributed by atoms with van der Waals surface area (Å²) in [6.45, 7) is 0.609. The predicted molar refractivity (Wildman–Crippen MR) is 116 cm³/mol. The van der Waals surface area contributed by atoms with Crippen molar-refractivity contribution in [3.05, 3.63) is 83.3 Å². The molecule has 0 atom stereocenters. The molecule has 0 saturated carbocycles. The number of benzene rings is 2. The van der Waals surface area contributed by atoms with E-state index in [1.165, 1.54) is 30.5 Å². The van der Waals surface area contributed by atoms with Gasteiger partial charge in [-0.2, -0.15) is 5.10 Å². The van der Waals surface area contributed by atoms with Crippen LogP contribution in [0, 0.1) is 11.6 Å². The highest BCUT2D eigenvalue weighted by atomic mass is 19.4. The smallest absolute Gasteiger partial charge is 0.438 e. The Balaban J connectivity index is 1.20. The molecule has 0 saturated heterocycles. The van der Waals surface area contributed by atoms with E-state index in [0.29, 0.717) is 23.6 Å². The fourth-order valence-electron chi connectivity index (χ4n) is 3.42. The SMILES string of the molecule is Fc1cccc(-c2nc3c([nH]2)CN(Cc2ccc(Oc4ccc(OC(F)(F)F)cc4)nn2)N=C3)c1F. The Morgan fingerprint density at radius 3 is 2.44 bits per heavy atom. The number of aromatic amines is 1. The number of nitrogens with zero attached hydrogens (tertiary/aromatic N) is 5. The molecule has 3 heterocycles. The zero-order chi connectivity index (χ0) is 25.3. The number of alkyl halides is 3. The molecule has 0 amide bonds. The Morgan fingerprint density at radius 2 is 1.72 bits per heavy atom. The molecule has 8 nitrogen and oxygen atoms in total. The molecule has 0 radical (unpaired) electrons. The van der Waals surface area contributed by atoms with Gasteiger partial charge in [0.1, 0.15) is 23.0 Å². The zero-order valence-electron chi connectivity index (χ0n) is 18.1. The molecule has 0 unspecified atom stereocenters. The third-order valence-electron chi connectivity index (χ3n) is 5.02. The molecule has 1 aliphatic heterocycles. The number of halogens is 5. The quantitative estimate of drug-likeness (QED) is 0.366. The summed E-state index contributed by atoms with van der Waals surface area (Å²) in [4.78, 5) is 7.30. The van der Waals surface area contributed by atoms with Crippen molar-refractivity contribution < 1.29 is 31.4 Å². The summed E-state index contributed by atoms with van der Waals surface area (Å²) in [5.74, 6) is -1.72. The van der Waals surface area contributed by atoms with E-state index < -0.39 is 18.0 Å². The minimum absolute atomic E-state index is 0.0216. The summed E-state index contributed by atoms with van der Waals surface area (Å²) in [6, 6.07) is 12.0. The van der Waals surface area contributed by atoms with Crippen LogP contribution in [0.25, 0.3) is 11.4 Å². The molecule has 2 aromatic carbocycles. The summed E-state index contributed by atoms with van der Waals surface area (Å²) in [5, 5.41) is 14.0. The van der Waals surface area contributed by atoms with Crippen molar-refractivity contribution in [1.29, 1.82) is 0 Å². The van der Waals surface area contributed by atoms with Crippen molar-refractivity contribution in [3.8, 4) is 28.8 Å². The molecule has 0 bridgehead atoms. The van der Waals surface area contributed by atoms with Crippen molar-refractivity contribution in [2.75, 3.05) is 0 Å². The van der Waals surface area contributed by atoms with Gasteiger partial charge in [0.15, 0.2) is 11.6 Å².